The number of nitrogens with zero attached hydrogens (tertiary/aromatic N) is 1. The molecule has 1 aromatic heterocycles. The lowest BCUT2D eigenvalue weighted by Crippen LogP contribution is -2.29. The van der Waals surface area contributed by atoms with Crippen molar-refractivity contribution in [1.82, 2.24) is 9.71 Å². The Bertz CT molecular complexity index is 1100. The Balaban J connectivity index is 1.88. The number of hydrogen-bond acceptors (Lipinski definition) is 7. The first-order valence-corrected chi connectivity index (χ1v) is 10.5. The molecule has 29 heavy (non-hydrogen) atoms. The van der Waals surface area contributed by atoms with Crippen molar-refractivity contribution in [3.05, 3.63) is 48.7 Å². The van der Waals surface area contributed by atoms with E-state index in [4.69, 9.17) is 14.3 Å². The van der Waals surface area contributed by atoms with Crippen LogP contribution in [0.25, 0.3) is 10.9 Å². The van der Waals surface area contributed by atoms with Gasteiger partial charge in [-0.1, -0.05) is 0 Å². The molecule has 9 heteroatoms. The number of aromatic nitrogens is 1. The number of benzene rings is 2. The second-order valence-electron chi connectivity index (χ2n) is 6.49. The molecule has 4 N–H and O–H groups in total. The van der Waals surface area contributed by atoms with Crippen LogP contribution in [-0.2, 0) is 9.92 Å². The molecule has 1 heterocycles. The highest BCUT2D eigenvalue weighted by Gasteiger charge is 2.12. The molecular weight excluding hydrogens is 392 g/mol. The Labute approximate surface area is 170 Å². The SMILES string of the molecule is COc1cc2nccc(Nc3ccc(S(=N)(=O)NC[C@@H](C)O)cc3)c2cc1OC. The third-order valence-corrected chi connectivity index (χ3v) is 5.80. The van der Waals surface area contributed by atoms with Crippen molar-refractivity contribution >= 4 is 32.2 Å². The van der Waals surface area contributed by atoms with Crippen LogP contribution in [0.15, 0.2) is 53.6 Å². The molecule has 0 saturated carbocycles. The predicted octanol–water partition coefficient (Wildman–Crippen LogP) is 3.29. The molecule has 0 aliphatic heterocycles. The Hall–Kier alpha value is -2.88. The van der Waals surface area contributed by atoms with Crippen LogP contribution in [0.4, 0.5) is 11.4 Å². The topological polar surface area (TPSA) is 117 Å². The smallest absolute Gasteiger partial charge is 0.162 e. The van der Waals surface area contributed by atoms with Gasteiger partial charge in [0.05, 0.1) is 30.7 Å². The van der Waals surface area contributed by atoms with Crippen LogP contribution in [0.3, 0.4) is 0 Å². The maximum atomic E-state index is 12.5. The number of pyridine rings is 1. The number of hydrogen-bond donors (Lipinski definition) is 4. The fourth-order valence-corrected chi connectivity index (χ4v) is 3.95. The largest absolute Gasteiger partial charge is 0.493 e. The van der Waals surface area contributed by atoms with Crippen molar-refractivity contribution in [2.45, 2.75) is 17.9 Å². The number of rotatable bonds is 8. The first-order chi connectivity index (χ1) is 13.8. The van der Waals surface area contributed by atoms with Gasteiger partial charge in [-0.15, -0.1) is 0 Å². The van der Waals surface area contributed by atoms with E-state index in [1.54, 1.807) is 51.6 Å². The van der Waals surface area contributed by atoms with E-state index in [2.05, 4.69) is 15.0 Å². The molecule has 0 aliphatic rings. The van der Waals surface area contributed by atoms with Gasteiger partial charge in [0.15, 0.2) is 11.5 Å². The summed E-state index contributed by atoms with van der Waals surface area (Å²) in [5.41, 5.74) is 2.34. The highest BCUT2D eigenvalue weighted by molar-refractivity contribution is 7.90. The Morgan fingerprint density at radius 1 is 1.14 bits per heavy atom. The van der Waals surface area contributed by atoms with E-state index in [0.717, 1.165) is 22.3 Å². The fourth-order valence-electron chi connectivity index (χ4n) is 2.79. The molecule has 3 rings (SSSR count). The minimum atomic E-state index is -3.17. The Morgan fingerprint density at radius 3 is 2.41 bits per heavy atom. The van der Waals surface area contributed by atoms with Crippen LogP contribution in [0.1, 0.15) is 6.92 Å². The monoisotopic (exact) mass is 416 g/mol. The summed E-state index contributed by atoms with van der Waals surface area (Å²) in [5.74, 6) is 1.20. The number of fused-ring (bicyclic) bond motifs is 1. The van der Waals surface area contributed by atoms with Gasteiger partial charge in [0.1, 0.15) is 9.92 Å². The van der Waals surface area contributed by atoms with Gasteiger partial charge in [0.25, 0.3) is 0 Å². The third-order valence-electron chi connectivity index (χ3n) is 4.29. The molecule has 0 spiro atoms. The van der Waals surface area contributed by atoms with E-state index in [-0.39, 0.29) is 6.54 Å². The predicted molar refractivity (Wildman–Crippen MR) is 113 cm³/mol. The summed E-state index contributed by atoms with van der Waals surface area (Å²) < 4.78 is 33.7. The lowest BCUT2D eigenvalue weighted by atomic mass is 10.1. The highest BCUT2D eigenvalue weighted by atomic mass is 32.2. The summed E-state index contributed by atoms with van der Waals surface area (Å²) in [6, 6.07) is 12.3. The molecule has 0 amide bonds. The number of aliphatic hydroxyl groups excluding tert-OH is 1. The molecule has 2 aromatic carbocycles. The van der Waals surface area contributed by atoms with Gasteiger partial charge in [-0.3, -0.25) is 4.98 Å². The van der Waals surface area contributed by atoms with Gasteiger partial charge in [0.2, 0.25) is 0 Å². The Kier molecular flexibility index (Phi) is 6.21. The molecule has 8 nitrogen and oxygen atoms in total. The highest BCUT2D eigenvalue weighted by Crippen LogP contribution is 2.35. The lowest BCUT2D eigenvalue weighted by Gasteiger charge is -2.14. The summed E-state index contributed by atoms with van der Waals surface area (Å²) in [5, 5.41) is 13.5. The molecule has 0 aliphatic carbocycles. The summed E-state index contributed by atoms with van der Waals surface area (Å²) >= 11 is 0. The standard InChI is InChI=1S/C20H24N4O4S/c1-13(25)12-23-29(21,26)15-6-4-14(5-7-15)24-17-8-9-22-18-11-20(28-3)19(27-2)10-16(17)18/h4-11,13,25H,12H2,1-3H3,(H,22,24)(H2,21,23,26)/t13-,29?/m1/s1. The van der Waals surface area contributed by atoms with Gasteiger partial charge in [-0.25, -0.2) is 13.7 Å². The van der Waals surface area contributed by atoms with Crippen LogP contribution in [-0.4, -0.2) is 41.2 Å². The van der Waals surface area contributed by atoms with Crippen molar-refractivity contribution in [3.8, 4) is 11.5 Å². The van der Waals surface area contributed by atoms with Crippen LogP contribution in [0.5, 0.6) is 11.5 Å². The molecule has 0 fully saturated rings. The average Bonchev–Trinajstić information content (AvgIpc) is 2.72. The lowest BCUT2D eigenvalue weighted by molar-refractivity contribution is 0.199. The average molecular weight is 417 g/mol. The maximum absolute atomic E-state index is 12.5. The van der Waals surface area contributed by atoms with Crippen LogP contribution in [0, 0.1) is 4.78 Å². The van der Waals surface area contributed by atoms with Crippen molar-refractivity contribution in [1.29, 1.82) is 4.78 Å². The molecule has 2 atom stereocenters. The number of methoxy groups -OCH3 is 2. The van der Waals surface area contributed by atoms with E-state index in [9.17, 15) is 9.32 Å². The van der Waals surface area contributed by atoms with Gasteiger partial charge < -0.3 is 19.9 Å². The minimum absolute atomic E-state index is 0.0800. The molecular formula is C20H24N4O4S. The van der Waals surface area contributed by atoms with Crippen molar-refractivity contribution in [2.75, 3.05) is 26.1 Å². The summed E-state index contributed by atoms with van der Waals surface area (Å²) in [6.07, 6.45) is 1.01. The third kappa shape index (κ3) is 4.76. The summed E-state index contributed by atoms with van der Waals surface area (Å²) in [4.78, 5) is 4.72. The molecule has 3 aromatic rings. The molecule has 0 saturated heterocycles. The zero-order chi connectivity index (χ0) is 21.0. The molecule has 0 radical (unpaired) electrons. The molecule has 0 bridgehead atoms. The van der Waals surface area contributed by atoms with Crippen molar-refractivity contribution in [3.63, 3.8) is 0 Å². The summed E-state index contributed by atoms with van der Waals surface area (Å²) in [6.45, 7) is 1.65. The van der Waals surface area contributed by atoms with Gasteiger partial charge in [-0.05, 0) is 43.3 Å². The van der Waals surface area contributed by atoms with Gasteiger partial charge in [-0.2, -0.15) is 0 Å². The van der Waals surface area contributed by atoms with Gasteiger partial charge >= 0.3 is 0 Å². The van der Waals surface area contributed by atoms with Crippen LogP contribution in [0.2, 0.25) is 0 Å². The Morgan fingerprint density at radius 2 is 1.79 bits per heavy atom. The zero-order valence-corrected chi connectivity index (χ0v) is 17.2. The number of anilines is 2. The maximum Gasteiger partial charge on any atom is 0.162 e. The quantitative estimate of drug-likeness (QED) is 0.448. The number of ether oxygens (including phenoxy) is 2. The van der Waals surface area contributed by atoms with E-state index < -0.39 is 16.0 Å². The summed E-state index contributed by atoms with van der Waals surface area (Å²) in [7, 11) is -0.0182. The first-order valence-electron chi connectivity index (χ1n) is 8.93. The van der Waals surface area contributed by atoms with Crippen molar-refractivity contribution < 1.29 is 18.8 Å². The van der Waals surface area contributed by atoms with E-state index in [1.807, 2.05) is 18.2 Å². The number of nitrogens with one attached hydrogen (secondary N) is 3. The normalized spacial score (nSPS) is 14.2. The van der Waals surface area contributed by atoms with Crippen molar-refractivity contribution in [2.24, 2.45) is 0 Å². The van der Waals surface area contributed by atoms with E-state index in [0.29, 0.717) is 16.4 Å². The van der Waals surface area contributed by atoms with Gasteiger partial charge in [0, 0.05) is 35.6 Å². The van der Waals surface area contributed by atoms with Crippen LogP contribution >= 0.6 is 0 Å². The fraction of sp³-hybridized carbons (Fsp3) is 0.250. The first kappa shape index (κ1) is 20.8. The minimum Gasteiger partial charge on any atom is -0.493 e. The van der Waals surface area contributed by atoms with Crippen LogP contribution < -0.4 is 19.5 Å². The second-order valence-corrected chi connectivity index (χ2v) is 8.36. The van der Waals surface area contributed by atoms with E-state index >= 15 is 0 Å². The number of aliphatic hydroxyl groups is 1. The zero-order valence-electron chi connectivity index (χ0n) is 16.4. The van der Waals surface area contributed by atoms with E-state index in [1.165, 1.54) is 0 Å². The molecule has 154 valence electrons. The second kappa shape index (κ2) is 8.64. The molecule has 1 unspecified atom stereocenters.